The third-order valence-electron chi connectivity index (χ3n) is 5.16. The summed E-state index contributed by atoms with van der Waals surface area (Å²) in [6, 6.07) is 12.4. The van der Waals surface area contributed by atoms with Crippen molar-refractivity contribution in [3.8, 4) is 5.75 Å². The minimum Gasteiger partial charge on any atom is -0.497 e. The van der Waals surface area contributed by atoms with Gasteiger partial charge in [0.25, 0.3) is 0 Å². The van der Waals surface area contributed by atoms with Crippen molar-refractivity contribution in [2.24, 2.45) is 0 Å². The van der Waals surface area contributed by atoms with Gasteiger partial charge >= 0.3 is 0 Å². The summed E-state index contributed by atoms with van der Waals surface area (Å²) in [6.45, 7) is 6.07. The number of halogens is 2. The SMILES string of the molecule is CC[C@H](C)NC(=O)[C@H](C)N(Cc1ccc(OC)cc1)C(=O)CSCc1ccc(Cl)c(Cl)c1. The Bertz CT molecular complexity index is 909. The van der Waals surface area contributed by atoms with Crippen molar-refractivity contribution in [2.45, 2.75) is 51.6 Å². The lowest BCUT2D eigenvalue weighted by Crippen LogP contribution is -2.50. The summed E-state index contributed by atoms with van der Waals surface area (Å²) >= 11 is 13.5. The number of carbonyl (C=O) groups excluding carboxylic acids is 2. The third kappa shape index (κ3) is 7.91. The maximum Gasteiger partial charge on any atom is 0.242 e. The van der Waals surface area contributed by atoms with E-state index in [2.05, 4.69) is 5.32 Å². The molecule has 0 spiro atoms. The van der Waals surface area contributed by atoms with Crippen molar-refractivity contribution in [2.75, 3.05) is 12.9 Å². The number of rotatable bonds is 11. The molecule has 2 rings (SSSR count). The smallest absolute Gasteiger partial charge is 0.242 e. The molecule has 0 fully saturated rings. The van der Waals surface area contributed by atoms with Crippen LogP contribution in [0.15, 0.2) is 42.5 Å². The fourth-order valence-corrected chi connectivity index (χ4v) is 4.12. The highest BCUT2D eigenvalue weighted by molar-refractivity contribution is 7.99. The van der Waals surface area contributed by atoms with Crippen molar-refractivity contribution in [3.63, 3.8) is 0 Å². The van der Waals surface area contributed by atoms with Crippen LogP contribution in [0.4, 0.5) is 0 Å². The second-order valence-electron chi connectivity index (χ2n) is 7.60. The Morgan fingerprint density at radius 1 is 1.06 bits per heavy atom. The molecule has 174 valence electrons. The largest absolute Gasteiger partial charge is 0.497 e. The second-order valence-corrected chi connectivity index (χ2v) is 9.40. The Kier molecular flexibility index (Phi) is 10.7. The van der Waals surface area contributed by atoms with Crippen LogP contribution in [0.5, 0.6) is 5.75 Å². The average Bonchev–Trinajstić information content (AvgIpc) is 2.79. The van der Waals surface area contributed by atoms with Crippen LogP contribution in [0, 0.1) is 0 Å². The van der Waals surface area contributed by atoms with Gasteiger partial charge in [-0.25, -0.2) is 0 Å². The van der Waals surface area contributed by atoms with Gasteiger partial charge < -0.3 is 15.0 Å². The molecule has 0 saturated heterocycles. The molecule has 0 aromatic heterocycles. The van der Waals surface area contributed by atoms with E-state index in [9.17, 15) is 9.59 Å². The lowest BCUT2D eigenvalue weighted by atomic mass is 10.1. The number of hydrogen-bond acceptors (Lipinski definition) is 4. The van der Waals surface area contributed by atoms with Gasteiger partial charge in [-0.3, -0.25) is 9.59 Å². The first-order chi connectivity index (χ1) is 15.2. The molecular weight excluding hydrogens is 467 g/mol. The van der Waals surface area contributed by atoms with E-state index in [0.29, 0.717) is 22.3 Å². The van der Waals surface area contributed by atoms with Crippen molar-refractivity contribution in [3.05, 3.63) is 63.6 Å². The van der Waals surface area contributed by atoms with Crippen LogP contribution in [0.2, 0.25) is 10.0 Å². The van der Waals surface area contributed by atoms with Gasteiger partial charge in [0.2, 0.25) is 11.8 Å². The van der Waals surface area contributed by atoms with Crippen LogP contribution >= 0.6 is 35.0 Å². The van der Waals surface area contributed by atoms with Crippen molar-refractivity contribution in [1.29, 1.82) is 0 Å². The molecule has 32 heavy (non-hydrogen) atoms. The highest BCUT2D eigenvalue weighted by Gasteiger charge is 2.26. The Hall–Kier alpha value is -1.89. The van der Waals surface area contributed by atoms with Crippen molar-refractivity contribution < 1.29 is 14.3 Å². The molecule has 1 N–H and O–H groups in total. The number of carbonyl (C=O) groups is 2. The molecule has 2 atom stereocenters. The van der Waals surface area contributed by atoms with E-state index in [0.717, 1.165) is 23.3 Å². The average molecular weight is 497 g/mol. The number of benzene rings is 2. The zero-order valence-electron chi connectivity index (χ0n) is 18.9. The predicted molar refractivity (Wildman–Crippen MR) is 134 cm³/mol. The summed E-state index contributed by atoms with van der Waals surface area (Å²) in [7, 11) is 1.61. The van der Waals surface area contributed by atoms with Gasteiger partial charge in [0.05, 0.1) is 22.9 Å². The summed E-state index contributed by atoms with van der Waals surface area (Å²) in [5, 5.41) is 3.97. The van der Waals surface area contributed by atoms with Crippen molar-refractivity contribution in [1.82, 2.24) is 10.2 Å². The zero-order valence-corrected chi connectivity index (χ0v) is 21.2. The Labute approximate surface area is 204 Å². The molecule has 0 aliphatic heterocycles. The molecule has 0 heterocycles. The van der Waals surface area contributed by atoms with Gasteiger partial charge in [-0.1, -0.05) is 48.3 Å². The summed E-state index contributed by atoms with van der Waals surface area (Å²) in [5.41, 5.74) is 1.92. The molecule has 5 nitrogen and oxygen atoms in total. The van der Waals surface area contributed by atoms with Gasteiger partial charge in [-0.05, 0) is 55.7 Å². The van der Waals surface area contributed by atoms with E-state index in [1.807, 2.05) is 44.2 Å². The fraction of sp³-hybridized carbons (Fsp3) is 0.417. The molecule has 2 amide bonds. The monoisotopic (exact) mass is 496 g/mol. The quantitative estimate of drug-likeness (QED) is 0.441. The maximum absolute atomic E-state index is 13.1. The fourth-order valence-electron chi connectivity index (χ4n) is 2.94. The van der Waals surface area contributed by atoms with Gasteiger partial charge in [0.1, 0.15) is 11.8 Å². The van der Waals surface area contributed by atoms with E-state index < -0.39 is 6.04 Å². The van der Waals surface area contributed by atoms with Crippen LogP contribution in [-0.4, -0.2) is 41.7 Å². The van der Waals surface area contributed by atoms with E-state index in [4.69, 9.17) is 27.9 Å². The summed E-state index contributed by atoms with van der Waals surface area (Å²) in [4.78, 5) is 27.5. The summed E-state index contributed by atoms with van der Waals surface area (Å²) < 4.78 is 5.21. The summed E-state index contributed by atoms with van der Waals surface area (Å²) in [5.74, 6) is 1.35. The predicted octanol–water partition coefficient (Wildman–Crippen LogP) is 5.57. The standard InChI is InChI=1S/C24H30Cl2N2O3S/c1-5-16(2)27-24(30)17(3)28(13-18-6-9-20(31-4)10-7-18)23(29)15-32-14-19-8-11-21(25)22(26)12-19/h6-12,16-17H,5,13-15H2,1-4H3,(H,27,30)/t16-,17-/m0/s1. The molecule has 0 aliphatic rings. The Morgan fingerprint density at radius 2 is 1.72 bits per heavy atom. The Morgan fingerprint density at radius 3 is 2.31 bits per heavy atom. The minimum atomic E-state index is -0.593. The number of methoxy groups -OCH3 is 1. The van der Waals surface area contributed by atoms with E-state index in [-0.39, 0.29) is 23.6 Å². The first-order valence-corrected chi connectivity index (χ1v) is 12.4. The first-order valence-electron chi connectivity index (χ1n) is 10.5. The molecular formula is C24H30Cl2N2O3S. The molecule has 0 bridgehead atoms. The maximum atomic E-state index is 13.1. The molecule has 8 heteroatoms. The lowest BCUT2D eigenvalue weighted by Gasteiger charge is -2.29. The number of thioether (sulfide) groups is 1. The van der Waals surface area contributed by atoms with Crippen molar-refractivity contribution >= 4 is 46.8 Å². The van der Waals surface area contributed by atoms with Crippen LogP contribution < -0.4 is 10.1 Å². The minimum absolute atomic E-state index is 0.0481. The van der Waals surface area contributed by atoms with Crippen LogP contribution in [-0.2, 0) is 21.9 Å². The van der Waals surface area contributed by atoms with E-state index in [1.165, 1.54) is 11.8 Å². The van der Waals surface area contributed by atoms with Gasteiger partial charge in [0, 0.05) is 18.3 Å². The van der Waals surface area contributed by atoms with E-state index in [1.54, 1.807) is 31.1 Å². The second kappa shape index (κ2) is 13.0. The molecule has 2 aromatic carbocycles. The zero-order chi connectivity index (χ0) is 23.7. The number of nitrogens with zero attached hydrogens (tertiary/aromatic N) is 1. The Balaban J connectivity index is 2.09. The molecule has 0 unspecified atom stereocenters. The topological polar surface area (TPSA) is 58.6 Å². The molecule has 2 aromatic rings. The third-order valence-corrected chi connectivity index (χ3v) is 6.89. The first kappa shape index (κ1) is 26.4. The van der Waals surface area contributed by atoms with Gasteiger partial charge in [0.15, 0.2) is 0 Å². The number of amides is 2. The lowest BCUT2D eigenvalue weighted by molar-refractivity contribution is -0.138. The normalized spacial score (nSPS) is 12.7. The number of nitrogens with one attached hydrogen (secondary N) is 1. The molecule has 0 radical (unpaired) electrons. The highest BCUT2D eigenvalue weighted by atomic mass is 35.5. The number of hydrogen-bond donors (Lipinski definition) is 1. The highest BCUT2D eigenvalue weighted by Crippen LogP contribution is 2.25. The van der Waals surface area contributed by atoms with Crippen LogP contribution in [0.1, 0.15) is 38.3 Å². The molecule has 0 aliphatic carbocycles. The van der Waals surface area contributed by atoms with Gasteiger partial charge in [-0.2, -0.15) is 0 Å². The van der Waals surface area contributed by atoms with Gasteiger partial charge in [-0.15, -0.1) is 11.8 Å². The van der Waals surface area contributed by atoms with Crippen LogP contribution in [0.3, 0.4) is 0 Å². The molecule has 0 saturated carbocycles. The number of ether oxygens (including phenoxy) is 1. The van der Waals surface area contributed by atoms with E-state index >= 15 is 0 Å². The van der Waals surface area contributed by atoms with Crippen LogP contribution in [0.25, 0.3) is 0 Å². The summed E-state index contributed by atoms with van der Waals surface area (Å²) in [6.07, 6.45) is 0.824.